The second-order valence-corrected chi connectivity index (χ2v) is 7.14. The van der Waals surface area contributed by atoms with Gasteiger partial charge in [-0.3, -0.25) is 9.59 Å². The van der Waals surface area contributed by atoms with Gasteiger partial charge in [0.05, 0.1) is 15.1 Å². The highest BCUT2D eigenvalue weighted by atomic mass is 79.9. The zero-order chi connectivity index (χ0) is 15.4. The van der Waals surface area contributed by atoms with Crippen LogP contribution < -0.4 is 5.32 Å². The van der Waals surface area contributed by atoms with E-state index in [1.807, 2.05) is 25.1 Å². The van der Waals surface area contributed by atoms with Crippen molar-refractivity contribution in [1.29, 1.82) is 0 Å². The van der Waals surface area contributed by atoms with E-state index in [-0.39, 0.29) is 18.2 Å². The molecule has 0 aliphatic heterocycles. The van der Waals surface area contributed by atoms with Crippen LogP contribution in [0.2, 0.25) is 0 Å². The van der Waals surface area contributed by atoms with Crippen LogP contribution in [0.15, 0.2) is 40.2 Å². The van der Waals surface area contributed by atoms with Gasteiger partial charge in [0.25, 0.3) is 5.91 Å². The SMILES string of the molecule is CC(CC(=O)O)c1ccc(NC(=O)c2ccc(Br)s2)cc1. The summed E-state index contributed by atoms with van der Waals surface area (Å²) in [4.78, 5) is 23.3. The fourth-order valence-corrected chi connectivity index (χ4v) is 3.19. The quantitative estimate of drug-likeness (QED) is 0.825. The highest BCUT2D eigenvalue weighted by Gasteiger charge is 2.11. The number of aliphatic carboxylic acids is 1. The second-order valence-electron chi connectivity index (χ2n) is 4.68. The number of thiophene rings is 1. The summed E-state index contributed by atoms with van der Waals surface area (Å²) in [6.45, 7) is 1.87. The lowest BCUT2D eigenvalue weighted by Gasteiger charge is -2.10. The van der Waals surface area contributed by atoms with E-state index in [2.05, 4.69) is 21.2 Å². The summed E-state index contributed by atoms with van der Waals surface area (Å²) in [6.07, 6.45) is 0.0922. The summed E-state index contributed by atoms with van der Waals surface area (Å²) in [5.41, 5.74) is 1.63. The van der Waals surface area contributed by atoms with Crippen molar-refractivity contribution < 1.29 is 14.7 Å². The van der Waals surface area contributed by atoms with Crippen LogP contribution in [0.25, 0.3) is 0 Å². The highest BCUT2D eigenvalue weighted by molar-refractivity contribution is 9.11. The van der Waals surface area contributed by atoms with Crippen molar-refractivity contribution in [2.45, 2.75) is 19.3 Å². The highest BCUT2D eigenvalue weighted by Crippen LogP contribution is 2.24. The number of hydrogen-bond acceptors (Lipinski definition) is 3. The fraction of sp³-hybridized carbons (Fsp3) is 0.200. The first-order valence-electron chi connectivity index (χ1n) is 6.34. The Morgan fingerprint density at radius 3 is 2.43 bits per heavy atom. The molecule has 0 radical (unpaired) electrons. The Hall–Kier alpha value is -1.66. The molecule has 0 spiro atoms. The molecule has 2 rings (SSSR count). The van der Waals surface area contributed by atoms with Crippen LogP contribution in [0.3, 0.4) is 0 Å². The lowest BCUT2D eigenvalue weighted by atomic mass is 9.98. The monoisotopic (exact) mass is 367 g/mol. The molecule has 0 fully saturated rings. The van der Waals surface area contributed by atoms with E-state index >= 15 is 0 Å². The van der Waals surface area contributed by atoms with Crippen LogP contribution in [-0.2, 0) is 4.79 Å². The van der Waals surface area contributed by atoms with Crippen molar-refractivity contribution in [3.8, 4) is 0 Å². The van der Waals surface area contributed by atoms with Gasteiger partial charge in [0.15, 0.2) is 0 Å². The number of carboxylic acids is 1. The van der Waals surface area contributed by atoms with Gasteiger partial charge in [0, 0.05) is 5.69 Å². The number of hydrogen-bond donors (Lipinski definition) is 2. The maximum atomic E-state index is 12.0. The number of carbonyl (C=O) groups is 2. The van der Waals surface area contributed by atoms with Gasteiger partial charge in [0.1, 0.15) is 0 Å². The minimum atomic E-state index is -0.817. The first-order chi connectivity index (χ1) is 9.95. The second kappa shape index (κ2) is 6.87. The van der Waals surface area contributed by atoms with Crippen molar-refractivity contribution >= 4 is 44.8 Å². The van der Waals surface area contributed by atoms with Crippen LogP contribution >= 0.6 is 27.3 Å². The van der Waals surface area contributed by atoms with E-state index < -0.39 is 5.97 Å². The maximum absolute atomic E-state index is 12.0. The molecule has 1 atom stereocenters. The number of benzene rings is 1. The molecule has 1 amide bonds. The topological polar surface area (TPSA) is 66.4 Å². The molecule has 4 nitrogen and oxygen atoms in total. The number of nitrogens with one attached hydrogen (secondary N) is 1. The molecule has 1 aromatic heterocycles. The maximum Gasteiger partial charge on any atom is 0.303 e. The van der Waals surface area contributed by atoms with Gasteiger partial charge in [-0.1, -0.05) is 19.1 Å². The molecule has 1 heterocycles. The predicted molar refractivity (Wildman–Crippen MR) is 87.1 cm³/mol. The summed E-state index contributed by atoms with van der Waals surface area (Å²) < 4.78 is 0.908. The predicted octanol–water partition coefficient (Wildman–Crippen LogP) is 4.34. The third-order valence-corrected chi connectivity index (χ3v) is 4.64. The third kappa shape index (κ3) is 4.41. The zero-order valence-corrected chi connectivity index (χ0v) is 13.7. The summed E-state index contributed by atoms with van der Waals surface area (Å²) in [7, 11) is 0. The van der Waals surface area contributed by atoms with Crippen LogP contribution in [-0.4, -0.2) is 17.0 Å². The minimum absolute atomic E-state index is 0.0551. The van der Waals surface area contributed by atoms with E-state index in [1.54, 1.807) is 18.2 Å². The molecule has 0 bridgehead atoms. The van der Waals surface area contributed by atoms with E-state index in [0.29, 0.717) is 10.6 Å². The lowest BCUT2D eigenvalue weighted by Crippen LogP contribution is -2.10. The zero-order valence-electron chi connectivity index (χ0n) is 11.3. The van der Waals surface area contributed by atoms with E-state index in [1.165, 1.54) is 11.3 Å². The van der Waals surface area contributed by atoms with Gasteiger partial charge in [-0.25, -0.2) is 0 Å². The number of halogens is 1. The Labute approximate surface area is 134 Å². The molecule has 0 aliphatic carbocycles. The van der Waals surface area contributed by atoms with Crippen LogP contribution in [0.4, 0.5) is 5.69 Å². The molecule has 21 heavy (non-hydrogen) atoms. The molecule has 0 aliphatic rings. The minimum Gasteiger partial charge on any atom is -0.481 e. The molecule has 2 N–H and O–H groups in total. The van der Waals surface area contributed by atoms with Gasteiger partial charge >= 0.3 is 5.97 Å². The molecular formula is C15H14BrNO3S. The van der Waals surface area contributed by atoms with Crippen molar-refractivity contribution in [2.75, 3.05) is 5.32 Å². The summed E-state index contributed by atoms with van der Waals surface area (Å²) >= 11 is 4.69. The Balaban J connectivity index is 2.02. The van der Waals surface area contributed by atoms with Crippen LogP contribution in [0.5, 0.6) is 0 Å². The number of carboxylic acid groups (broad SMARTS) is 1. The molecule has 0 saturated carbocycles. The first kappa shape index (κ1) is 15.7. The molecule has 1 aromatic carbocycles. The molecule has 1 unspecified atom stereocenters. The Morgan fingerprint density at radius 2 is 1.90 bits per heavy atom. The average molecular weight is 368 g/mol. The Kier molecular flexibility index (Phi) is 5.14. The van der Waals surface area contributed by atoms with Crippen molar-refractivity contribution in [2.24, 2.45) is 0 Å². The van der Waals surface area contributed by atoms with Gasteiger partial charge < -0.3 is 10.4 Å². The van der Waals surface area contributed by atoms with E-state index in [0.717, 1.165) is 9.35 Å². The van der Waals surface area contributed by atoms with Gasteiger partial charge in [-0.15, -0.1) is 11.3 Å². The molecule has 0 saturated heterocycles. The lowest BCUT2D eigenvalue weighted by molar-refractivity contribution is -0.137. The molecule has 6 heteroatoms. The van der Waals surface area contributed by atoms with Gasteiger partial charge in [0.2, 0.25) is 0 Å². The summed E-state index contributed by atoms with van der Waals surface area (Å²) in [5, 5.41) is 11.6. The van der Waals surface area contributed by atoms with Gasteiger partial charge in [-0.05, 0) is 51.7 Å². The average Bonchev–Trinajstić information content (AvgIpc) is 2.85. The molecule has 2 aromatic rings. The standard InChI is InChI=1S/C15H14BrNO3S/c1-9(8-14(18)19)10-2-4-11(5-3-10)17-15(20)12-6-7-13(16)21-12/h2-7,9H,8H2,1H3,(H,17,20)(H,18,19). The number of amides is 1. The van der Waals surface area contributed by atoms with Crippen molar-refractivity contribution in [3.05, 3.63) is 50.6 Å². The first-order valence-corrected chi connectivity index (χ1v) is 7.95. The van der Waals surface area contributed by atoms with E-state index in [4.69, 9.17) is 5.11 Å². The number of rotatable bonds is 5. The van der Waals surface area contributed by atoms with E-state index in [9.17, 15) is 9.59 Å². The Morgan fingerprint density at radius 1 is 1.24 bits per heavy atom. The van der Waals surface area contributed by atoms with Crippen molar-refractivity contribution in [3.63, 3.8) is 0 Å². The molecular weight excluding hydrogens is 354 g/mol. The number of carbonyl (C=O) groups excluding carboxylic acids is 1. The summed E-state index contributed by atoms with van der Waals surface area (Å²) in [6, 6.07) is 10.8. The summed E-state index contributed by atoms with van der Waals surface area (Å²) in [5.74, 6) is -1.03. The normalized spacial score (nSPS) is 11.9. The fourth-order valence-electron chi connectivity index (χ4n) is 1.90. The Bertz CT molecular complexity index is 651. The van der Waals surface area contributed by atoms with Crippen LogP contribution in [0, 0.1) is 0 Å². The number of anilines is 1. The van der Waals surface area contributed by atoms with Crippen LogP contribution in [0.1, 0.15) is 34.5 Å². The van der Waals surface area contributed by atoms with Gasteiger partial charge in [-0.2, -0.15) is 0 Å². The largest absolute Gasteiger partial charge is 0.481 e. The third-order valence-electron chi connectivity index (χ3n) is 3.02. The van der Waals surface area contributed by atoms with Crippen molar-refractivity contribution in [1.82, 2.24) is 0 Å². The smallest absolute Gasteiger partial charge is 0.303 e. The molecule has 110 valence electrons.